The molecule has 4 rings (SSSR count). The van der Waals surface area contributed by atoms with Crippen molar-refractivity contribution in [3.05, 3.63) is 75.7 Å². The number of nitrogens with zero attached hydrogens (tertiary/aromatic N) is 4. The summed E-state index contributed by atoms with van der Waals surface area (Å²) in [7, 11) is 3.35. The van der Waals surface area contributed by atoms with Gasteiger partial charge in [-0.05, 0) is 42.5 Å². The molecule has 2 N–H and O–H groups in total. The molecule has 33 heavy (non-hydrogen) atoms. The molecule has 0 aliphatic heterocycles. The monoisotopic (exact) mass is 482 g/mol. The van der Waals surface area contributed by atoms with Crippen molar-refractivity contribution in [3.63, 3.8) is 0 Å². The van der Waals surface area contributed by atoms with Gasteiger partial charge < -0.3 is 15.2 Å². The predicted molar refractivity (Wildman–Crippen MR) is 128 cm³/mol. The normalized spacial score (nSPS) is 10.9. The molecular weight excluding hydrogens is 464 g/mol. The molecule has 4 aromatic rings. The number of fused-ring (bicyclic) bond motifs is 1. The summed E-state index contributed by atoms with van der Waals surface area (Å²) < 4.78 is 1.52. The van der Waals surface area contributed by atoms with Crippen LogP contribution in [0.1, 0.15) is 10.4 Å². The highest BCUT2D eigenvalue weighted by molar-refractivity contribution is 7.99. The van der Waals surface area contributed by atoms with E-state index in [4.69, 9.17) is 11.6 Å². The molecule has 0 saturated carbocycles. The summed E-state index contributed by atoms with van der Waals surface area (Å²) in [6, 6.07) is 13.7. The van der Waals surface area contributed by atoms with Gasteiger partial charge in [0.15, 0.2) is 10.8 Å². The molecule has 0 spiro atoms. The molecule has 9 nitrogen and oxygen atoms in total. The first-order chi connectivity index (χ1) is 15.8. The van der Waals surface area contributed by atoms with Gasteiger partial charge in [-0.2, -0.15) is 5.10 Å². The van der Waals surface area contributed by atoms with Crippen LogP contribution < -0.4 is 10.9 Å². The van der Waals surface area contributed by atoms with Gasteiger partial charge in [-0.15, -0.1) is 0 Å². The molecule has 2 heterocycles. The van der Waals surface area contributed by atoms with Crippen molar-refractivity contribution < 1.29 is 9.59 Å². The van der Waals surface area contributed by atoms with E-state index in [0.29, 0.717) is 38.2 Å². The zero-order valence-electron chi connectivity index (χ0n) is 17.7. The van der Waals surface area contributed by atoms with Gasteiger partial charge >= 0.3 is 0 Å². The molecule has 0 atom stereocenters. The number of aromatic nitrogens is 4. The fourth-order valence-corrected chi connectivity index (χ4v) is 3.89. The van der Waals surface area contributed by atoms with Gasteiger partial charge in [0.1, 0.15) is 5.39 Å². The number of rotatable bonds is 6. The fourth-order valence-electron chi connectivity index (χ4n) is 3.05. The fraction of sp³-hybridized carbons (Fsp3) is 0.136. The Kier molecular flexibility index (Phi) is 6.47. The number of H-pyrrole nitrogens is 1. The van der Waals surface area contributed by atoms with E-state index in [0.717, 1.165) is 11.8 Å². The lowest BCUT2D eigenvalue weighted by Gasteiger charge is -2.11. The quantitative estimate of drug-likeness (QED) is 0.322. The Morgan fingerprint density at radius 2 is 1.94 bits per heavy atom. The molecular formula is C22H19ClN6O3S. The van der Waals surface area contributed by atoms with Gasteiger partial charge in [-0.25, -0.2) is 9.67 Å². The topological polar surface area (TPSA) is 113 Å². The maximum Gasteiger partial charge on any atom is 0.262 e. The van der Waals surface area contributed by atoms with Crippen LogP contribution in [0.3, 0.4) is 0 Å². The van der Waals surface area contributed by atoms with Crippen molar-refractivity contribution in [2.45, 2.75) is 5.16 Å². The number of aromatic amines is 1. The number of halogens is 1. The van der Waals surface area contributed by atoms with Crippen molar-refractivity contribution in [1.29, 1.82) is 0 Å². The van der Waals surface area contributed by atoms with E-state index in [1.165, 1.54) is 15.8 Å². The Bertz CT molecular complexity index is 1400. The van der Waals surface area contributed by atoms with E-state index in [-0.39, 0.29) is 23.1 Å². The highest BCUT2D eigenvalue weighted by atomic mass is 35.5. The zero-order valence-corrected chi connectivity index (χ0v) is 19.3. The molecule has 0 aliphatic rings. The van der Waals surface area contributed by atoms with E-state index in [1.807, 2.05) is 0 Å². The van der Waals surface area contributed by atoms with Crippen molar-refractivity contribution >= 4 is 51.9 Å². The summed E-state index contributed by atoms with van der Waals surface area (Å²) in [6.07, 6.45) is 1.44. The Labute approximate surface area is 197 Å². The Morgan fingerprint density at radius 3 is 2.64 bits per heavy atom. The van der Waals surface area contributed by atoms with Crippen molar-refractivity contribution in [2.24, 2.45) is 0 Å². The van der Waals surface area contributed by atoms with Crippen LogP contribution in [0.2, 0.25) is 5.02 Å². The standard InChI is InChI=1S/C22H19ClN6O3S/c1-28(2)21(32)13-6-8-15(9-7-13)25-18(30)12-33-22-26-19-17(20(31)27-22)11-24-29(19)16-5-3-4-14(23)10-16/h3-11H,12H2,1-2H3,(H,25,30)(H,26,27,31). The van der Waals surface area contributed by atoms with E-state index in [9.17, 15) is 14.4 Å². The minimum atomic E-state index is -0.350. The van der Waals surface area contributed by atoms with E-state index in [1.54, 1.807) is 62.6 Å². The number of carbonyl (C=O) groups excluding carboxylic acids is 2. The van der Waals surface area contributed by atoms with Crippen LogP contribution in [-0.2, 0) is 4.79 Å². The summed E-state index contributed by atoms with van der Waals surface area (Å²) in [4.78, 5) is 45.4. The molecule has 0 radical (unpaired) electrons. The number of thioether (sulfide) groups is 1. The number of hydrogen-bond acceptors (Lipinski definition) is 6. The van der Waals surface area contributed by atoms with Gasteiger partial charge in [0.25, 0.3) is 11.5 Å². The van der Waals surface area contributed by atoms with Gasteiger partial charge in [0, 0.05) is 30.4 Å². The molecule has 2 amide bonds. The lowest BCUT2D eigenvalue weighted by molar-refractivity contribution is -0.113. The Balaban J connectivity index is 1.47. The lowest BCUT2D eigenvalue weighted by Crippen LogP contribution is -2.21. The first kappa shape index (κ1) is 22.6. The third-order valence-electron chi connectivity index (χ3n) is 4.63. The molecule has 168 valence electrons. The van der Waals surface area contributed by atoms with Crippen LogP contribution in [-0.4, -0.2) is 56.3 Å². The molecule has 0 aliphatic carbocycles. The van der Waals surface area contributed by atoms with Gasteiger partial charge in [0.2, 0.25) is 5.91 Å². The van der Waals surface area contributed by atoms with Gasteiger partial charge in [-0.3, -0.25) is 14.4 Å². The van der Waals surface area contributed by atoms with Crippen LogP contribution in [0.5, 0.6) is 0 Å². The highest BCUT2D eigenvalue weighted by Crippen LogP contribution is 2.20. The van der Waals surface area contributed by atoms with E-state index in [2.05, 4.69) is 20.4 Å². The van der Waals surface area contributed by atoms with Gasteiger partial charge in [0.05, 0.1) is 17.6 Å². The minimum absolute atomic E-state index is 0.0259. The zero-order chi connectivity index (χ0) is 23.5. The van der Waals surface area contributed by atoms with Crippen LogP contribution >= 0.6 is 23.4 Å². The summed E-state index contributed by atoms with van der Waals surface area (Å²) in [6.45, 7) is 0. The molecule has 2 aromatic heterocycles. The number of benzene rings is 2. The SMILES string of the molecule is CN(C)C(=O)c1ccc(NC(=O)CSc2nc3c(cnn3-c3cccc(Cl)c3)c(=O)[nH]2)cc1. The second-order valence-electron chi connectivity index (χ2n) is 7.26. The second-order valence-corrected chi connectivity index (χ2v) is 8.66. The molecule has 0 fully saturated rings. The highest BCUT2D eigenvalue weighted by Gasteiger charge is 2.14. The molecule has 0 saturated heterocycles. The number of nitrogens with one attached hydrogen (secondary N) is 2. The molecule has 2 aromatic carbocycles. The number of amides is 2. The van der Waals surface area contributed by atoms with Crippen LogP contribution in [0.15, 0.2) is 64.7 Å². The largest absolute Gasteiger partial charge is 0.345 e. The van der Waals surface area contributed by atoms with Gasteiger partial charge in [-0.1, -0.05) is 29.4 Å². The Morgan fingerprint density at radius 1 is 1.18 bits per heavy atom. The van der Waals surface area contributed by atoms with Crippen LogP contribution in [0, 0.1) is 0 Å². The summed E-state index contributed by atoms with van der Waals surface area (Å²) in [5, 5.41) is 8.16. The second kappa shape index (κ2) is 9.47. The number of carbonyl (C=O) groups is 2. The summed E-state index contributed by atoms with van der Waals surface area (Å²) in [5.74, 6) is -0.373. The number of anilines is 1. The first-order valence-electron chi connectivity index (χ1n) is 9.80. The Hall–Kier alpha value is -3.63. The third kappa shape index (κ3) is 5.07. The number of hydrogen-bond donors (Lipinski definition) is 2. The third-order valence-corrected chi connectivity index (χ3v) is 5.74. The first-order valence-corrected chi connectivity index (χ1v) is 11.2. The van der Waals surface area contributed by atoms with E-state index < -0.39 is 0 Å². The van der Waals surface area contributed by atoms with Crippen molar-refractivity contribution in [2.75, 3.05) is 25.2 Å². The predicted octanol–water partition coefficient (Wildman–Crippen LogP) is 3.19. The lowest BCUT2D eigenvalue weighted by atomic mass is 10.2. The maximum atomic E-state index is 12.5. The minimum Gasteiger partial charge on any atom is -0.345 e. The molecule has 0 unspecified atom stereocenters. The van der Waals surface area contributed by atoms with Crippen molar-refractivity contribution in [1.82, 2.24) is 24.6 Å². The molecule has 0 bridgehead atoms. The maximum absolute atomic E-state index is 12.5. The summed E-state index contributed by atoms with van der Waals surface area (Å²) in [5.41, 5.74) is 1.77. The van der Waals surface area contributed by atoms with Crippen LogP contribution in [0.25, 0.3) is 16.7 Å². The van der Waals surface area contributed by atoms with Crippen LogP contribution in [0.4, 0.5) is 5.69 Å². The molecule has 11 heteroatoms. The average molecular weight is 483 g/mol. The van der Waals surface area contributed by atoms with Crippen molar-refractivity contribution in [3.8, 4) is 5.69 Å². The average Bonchev–Trinajstić information content (AvgIpc) is 3.22. The van der Waals surface area contributed by atoms with E-state index >= 15 is 0 Å². The smallest absolute Gasteiger partial charge is 0.262 e. The summed E-state index contributed by atoms with van der Waals surface area (Å²) >= 11 is 7.16.